The Labute approximate surface area is 732 Å². The Kier molecular flexibility index (Phi) is 29.8. The lowest BCUT2D eigenvalue weighted by Gasteiger charge is -2.48. The van der Waals surface area contributed by atoms with E-state index in [2.05, 4.69) is 57.9 Å². The molecule has 2 fully saturated rings. The topological polar surface area (TPSA) is 573 Å². The first-order valence-corrected chi connectivity index (χ1v) is 40.9. The van der Waals surface area contributed by atoms with Crippen molar-refractivity contribution >= 4 is 82.1 Å². The monoisotopic (exact) mass is 1810 g/mol. The average Bonchev–Trinajstić information content (AvgIpc) is 0.762. The summed E-state index contributed by atoms with van der Waals surface area (Å²) in [4.78, 5) is 134. The number of primary amides is 1. The van der Waals surface area contributed by atoms with Crippen LogP contribution in [0.2, 0.25) is 10.0 Å². The fourth-order valence-corrected chi connectivity index (χ4v) is 15.8. The fraction of sp³-hybridized carbons (Fsp3) is 0.400. The predicted octanol–water partition coefficient (Wildman–Crippen LogP) is 3.86. The first kappa shape index (κ1) is 94.4. The van der Waals surface area contributed by atoms with Gasteiger partial charge in [-0.05, 0) is 171 Å². The maximum atomic E-state index is 16.4. The normalized spacial score (nSPS) is 25.8. The molecule has 0 aliphatic carbocycles. The number of unbranched alkanes of at least 4 members (excludes halogenated alkanes) is 1. The smallest absolute Gasteiger partial charge is 0.508 e. The first-order valence-electron chi connectivity index (χ1n) is 40.1. The highest BCUT2D eigenvalue weighted by molar-refractivity contribution is 6.32. The van der Waals surface area contributed by atoms with Gasteiger partial charge in [0.05, 0.1) is 41.3 Å². The van der Waals surface area contributed by atoms with Crippen LogP contribution in [0, 0.1) is 5.92 Å². The molecule has 0 spiro atoms. The molecule has 0 saturated carbocycles. The zero-order valence-electron chi connectivity index (χ0n) is 68.5. The van der Waals surface area contributed by atoms with Gasteiger partial charge in [0.1, 0.15) is 101 Å². The standard InChI is InChI=1S/C85H95Cl2F3N12O25/c1-36(2)22-51(93-5)76(114)101-66-68(108)40-15-18-55(49(86)26-40)122-57-28-43-29-58(72(57)126-83-73(71(111)70(110)59(35-103)124-83)125-61-33-84(4,74(112)37(3)121-61)95-34-38-10-8-12-44(23-38)96-75(113)42-11-9-13-46(24-42)127-85(88,89)90)123-56-19-16-41(27-50(56)87)69(109)67-82(120)100-65(78(116)94-21-7-6-20-91)48-30-45(104)31-54(106)62(48)47-25-39(14-17-53(47)105)63(79(117)102-67)99-80(118)64(43)98-77(115)52(32-60(92)107)97-81(66)119/h8-19,23-31,36-37,51-52,59,61,63-71,73-74,83,93,95,103-106,108-112H,6-7,20-22,32-35,91H2,1-5H3,(H2,92,107)(H,94,116)(H,96,113)(H,97,119)(H,98,115)(H,99,118)(H,100,120)(H,101,114)(H,102,117)/t37-,51+,52+,59+,61+,63+,64?,65-,66-,67-,68-,69-,70-,71-,73-,74+,83?,84?/m1/s1. The quantitative estimate of drug-likeness (QED) is 0.0404. The van der Waals surface area contributed by atoms with Crippen molar-refractivity contribution in [2.24, 2.45) is 17.4 Å². The van der Waals surface area contributed by atoms with E-state index < -0.39 is 255 Å². The number of halogens is 5. The van der Waals surface area contributed by atoms with Crippen LogP contribution < -0.4 is 83.6 Å². The molecule has 127 heavy (non-hydrogen) atoms. The SMILES string of the molecule is CN[C@@H](CC(C)C)C(=O)N[C@H]1C(=O)N[C@@H](CC(N)=O)C(=O)NC2C(=O)N[C@@H]3C(=O)N[C@@H](C(=O)N[C@@H](C(=O)NCCCCN)c4cc(O)cc(O)c4-c4cc3ccc4O)[C@H](O)c3ccc(c(Cl)c3)Oc3cc2cc(c3OC2O[C@@H](CO)[C@@H](O)[C@@H](O)[C@H]2O[C@H]2CC(C)(NCc3cccc(NC(=O)c4cccc(OC(F)(F)F)c4)c3)[C@@H](O)[C@@H](C)O2)Oc2ccc(cc2Cl)[C@H]1O. The van der Waals surface area contributed by atoms with Crippen LogP contribution in [-0.4, -0.2) is 211 Å². The number of alkyl halides is 3. The summed E-state index contributed by atoms with van der Waals surface area (Å²) >= 11 is 14.4. The van der Waals surface area contributed by atoms with Gasteiger partial charge in [0.15, 0.2) is 23.9 Å². The molecule has 7 aromatic rings. The zero-order valence-corrected chi connectivity index (χ0v) is 70.0. The highest BCUT2D eigenvalue weighted by Crippen LogP contribution is 2.50. The molecule has 37 nitrogen and oxygen atoms in total. The maximum absolute atomic E-state index is 16.4. The van der Waals surface area contributed by atoms with E-state index in [-0.39, 0.29) is 77.6 Å². The zero-order chi connectivity index (χ0) is 91.9. The van der Waals surface area contributed by atoms with E-state index in [1.54, 1.807) is 25.1 Å². The molecular weight excluding hydrogens is 1720 g/mol. The number of anilines is 1. The van der Waals surface area contributed by atoms with Gasteiger partial charge in [0.25, 0.3) is 5.91 Å². The Morgan fingerprint density at radius 1 is 0.701 bits per heavy atom. The molecule has 7 aliphatic heterocycles. The van der Waals surface area contributed by atoms with Crippen molar-refractivity contribution in [1.29, 1.82) is 0 Å². The number of benzene rings is 7. The molecule has 0 aromatic heterocycles. The van der Waals surface area contributed by atoms with Gasteiger partial charge in [-0.2, -0.15) is 0 Å². The second-order valence-electron chi connectivity index (χ2n) is 31.7. The summed E-state index contributed by atoms with van der Waals surface area (Å²) in [6.07, 6.45) is -24.0. The lowest BCUT2D eigenvalue weighted by Crippen LogP contribution is -2.65. The van der Waals surface area contributed by atoms with E-state index in [9.17, 15) is 78.3 Å². The number of ether oxygens (including phenoxy) is 7. The lowest BCUT2D eigenvalue weighted by molar-refractivity contribution is -0.334. The molecule has 7 aliphatic rings. The Morgan fingerprint density at radius 3 is 2.00 bits per heavy atom. The minimum Gasteiger partial charge on any atom is -0.508 e. The fourth-order valence-electron chi connectivity index (χ4n) is 15.3. The van der Waals surface area contributed by atoms with E-state index in [4.69, 9.17) is 63.1 Å². The second-order valence-corrected chi connectivity index (χ2v) is 32.5. The predicted molar refractivity (Wildman–Crippen MR) is 443 cm³/mol. The third-order valence-corrected chi connectivity index (χ3v) is 22.5. The van der Waals surface area contributed by atoms with Gasteiger partial charge in [-0.15, -0.1) is 13.2 Å². The highest BCUT2D eigenvalue weighted by Gasteiger charge is 2.53. The van der Waals surface area contributed by atoms with Gasteiger partial charge in [-0.3, -0.25) is 43.2 Å². The summed E-state index contributed by atoms with van der Waals surface area (Å²) in [5, 5.41) is 133. The van der Waals surface area contributed by atoms with Crippen LogP contribution in [0.25, 0.3) is 11.1 Å². The van der Waals surface area contributed by atoms with E-state index in [1.807, 2.05) is 13.8 Å². The average molecular weight is 1810 g/mol. The number of carbonyl (C=O) groups excluding carboxylic acids is 9. The van der Waals surface area contributed by atoms with Crippen molar-refractivity contribution in [1.82, 2.24) is 47.9 Å². The number of phenolic OH excluding ortho intramolecular Hbond substituents is 3. The van der Waals surface area contributed by atoms with E-state index in [1.165, 1.54) is 44.3 Å². The highest BCUT2D eigenvalue weighted by atomic mass is 35.5. The first-order chi connectivity index (χ1) is 60.2. The lowest BCUT2D eigenvalue weighted by atomic mass is 9.84. The molecule has 18 atom stereocenters. The summed E-state index contributed by atoms with van der Waals surface area (Å²) in [6, 6.07) is 10.4. The summed E-state index contributed by atoms with van der Waals surface area (Å²) in [5.41, 5.74) is 8.11. The number of amides is 9. The second kappa shape index (κ2) is 40.1. The van der Waals surface area contributed by atoms with Crippen LogP contribution in [0.4, 0.5) is 18.9 Å². The number of fused-ring (bicyclic) bond motifs is 15. The Hall–Kier alpha value is -11.7. The Morgan fingerprint density at radius 2 is 1.35 bits per heavy atom. The number of rotatable bonds is 23. The van der Waals surface area contributed by atoms with Gasteiger partial charge in [-0.25, -0.2) is 0 Å². The van der Waals surface area contributed by atoms with Crippen LogP contribution in [0.15, 0.2) is 127 Å². The van der Waals surface area contributed by atoms with Crippen LogP contribution >= 0.6 is 23.2 Å². The molecule has 23 N–H and O–H groups in total. The summed E-state index contributed by atoms with van der Waals surface area (Å²) in [7, 11) is 1.46. The number of nitrogens with one attached hydrogen (secondary N) is 10. The Bertz CT molecular complexity index is 5320. The molecule has 2 saturated heterocycles. The van der Waals surface area contributed by atoms with E-state index in [0.717, 1.165) is 78.9 Å². The van der Waals surface area contributed by atoms with Crippen molar-refractivity contribution in [3.8, 4) is 62.9 Å². The van der Waals surface area contributed by atoms with Gasteiger partial charge in [0.2, 0.25) is 59.3 Å². The number of likely N-dealkylation sites (N-methyl/N-ethyl adjacent to an activating group) is 1. The largest absolute Gasteiger partial charge is 0.573 e. The molecule has 42 heteroatoms. The number of phenols is 3. The van der Waals surface area contributed by atoms with Gasteiger partial charge in [0, 0.05) is 53.5 Å². The molecule has 11 bridgehead atoms. The van der Waals surface area contributed by atoms with Crippen LogP contribution in [-0.2, 0) is 59.1 Å². The van der Waals surface area contributed by atoms with Crippen molar-refractivity contribution in [2.75, 3.05) is 32.1 Å². The number of hydrogen-bond acceptors (Lipinski definition) is 28. The van der Waals surface area contributed by atoms with E-state index >= 15 is 24.0 Å². The summed E-state index contributed by atoms with van der Waals surface area (Å²) in [5.74, 6) is -16.7. The van der Waals surface area contributed by atoms with Crippen LogP contribution in [0.3, 0.4) is 0 Å². The van der Waals surface area contributed by atoms with Gasteiger partial charge < -0.3 is 144 Å². The van der Waals surface area contributed by atoms with Crippen molar-refractivity contribution in [3.05, 3.63) is 176 Å². The van der Waals surface area contributed by atoms with E-state index in [0.29, 0.717) is 18.4 Å². The number of aliphatic hydroxyl groups excluding tert-OH is 6. The molecule has 7 aromatic carbocycles. The van der Waals surface area contributed by atoms with Crippen molar-refractivity contribution in [3.63, 3.8) is 0 Å². The van der Waals surface area contributed by atoms with Gasteiger partial charge in [-0.1, -0.05) is 73.4 Å². The molecule has 9 amide bonds. The number of carbonyl (C=O) groups is 9. The summed E-state index contributed by atoms with van der Waals surface area (Å²) < 4.78 is 82.8. The summed E-state index contributed by atoms with van der Waals surface area (Å²) in [6.45, 7) is 5.77. The molecule has 14 rings (SSSR count). The Balaban J connectivity index is 1.01. The number of aromatic hydroxyl groups is 3. The molecular formula is C85H95Cl2F3N12O25. The third kappa shape index (κ3) is 22.1. The van der Waals surface area contributed by atoms with Crippen LogP contribution in [0.5, 0.6) is 51.7 Å². The minimum atomic E-state index is -5.04. The number of hydrogen-bond donors (Lipinski definition) is 21. The number of nitrogens with two attached hydrogens (primary N) is 2. The number of aliphatic hydroxyl groups is 6. The molecule has 680 valence electrons. The third-order valence-electron chi connectivity index (χ3n) is 21.9. The molecule has 7 heterocycles. The molecule has 0 radical (unpaired) electrons. The maximum Gasteiger partial charge on any atom is 0.573 e. The van der Waals surface area contributed by atoms with Crippen molar-refractivity contribution in [2.45, 2.75) is 182 Å². The molecule has 3 unspecified atom stereocenters. The van der Waals surface area contributed by atoms with Crippen LogP contribution in [0.1, 0.15) is 134 Å². The van der Waals surface area contributed by atoms with Gasteiger partial charge >= 0.3 is 6.36 Å². The minimum absolute atomic E-state index is 0.0481. The van der Waals surface area contributed by atoms with Crippen molar-refractivity contribution < 1.29 is 135 Å².